The number of sulfonamides is 1. The Morgan fingerprint density at radius 3 is 2.72 bits per heavy atom. The first-order chi connectivity index (χ1) is 8.42. The van der Waals surface area contributed by atoms with E-state index in [1.807, 2.05) is 6.92 Å². The third-order valence-corrected chi connectivity index (χ3v) is 4.03. The normalized spacial score (nSPS) is 11.9. The predicted octanol–water partition coefficient (Wildman–Crippen LogP) is 0.0752. The van der Waals surface area contributed by atoms with Gasteiger partial charge in [0, 0.05) is 0 Å². The van der Waals surface area contributed by atoms with E-state index >= 15 is 0 Å². The third-order valence-electron chi connectivity index (χ3n) is 2.47. The largest absolute Gasteiger partial charge is 0.380 e. The molecular formula is C9H13N5O3S. The zero-order chi connectivity index (χ0) is 13.3. The van der Waals surface area contributed by atoms with Gasteiger partial charge in [-0.2, -0.15) is 5.10 Å². The van der Waals surface area contributed by atoms with E-state index in [1.165, 1.54) is 6.92 Å². The highest BCUT2D eigenvalue weighted by molar-refractivity contribution is 7.89. The number of hydrogen-bond donors (Lipinski definition) is 3. The van der Waals surface area contributed by atoms with Crippen molar-refractivity contribution in [1.82, 2.24) is 20.1 Å². The van der Waals surface area contributed by atoms with Crippen LogP contribution in [0.3, 0.4) is 0 Å². The van der Waals surface area contributed by atoms with Crippen molar-refractivity contribution in [2.75, 3.05) is 5.73 Å². The quantitative estimate of drug-likeness (QED) is 0.722. The first-order valence-corrected chi connectivity index (χ1v) is 6.60. The molecule has 2 aromatic rings. The van der Waals surface area contributed by atoms with Crippen molar-refractivity contribution in [3.05, 3.63) is 23.2 Å². The zero-order valence-electron chi connectivity index (χ0n) is 9.89. The lowest BCUT2D eigenvalue weighted by Crippen LogP contribution is -2.24. The monoisotopic (exact) mass is 271 g/mol. The summed E-state index contributed by atoms with van der Waals surface area (Å²) in [4.78, 5) is -0.125. The summed E-state index contributed by atoms with van der Waals surface area (Å²) in [7, 11) is -3.75. The Hall–Kier alpha value is -1.87. The Bertz CT molecular complexity index is 638. The third kappa shape index (κ3) is 2.22. The number of aryl methyl sites for hydroxylation is 2. The minimum absolute atomic E-state index is 0.0955. The molecule has 0 radical (unpaired) electrons. The van der Waals surface area contributed by atoms with E-state index in [-0.39, 0.29) is 23.0 Å². The van der Waals surface area contributed by atoms with Crippen LogP contribution in [0, 0.1) is 13.8 Å². The van der Waals surface area contributed by atoms with E-state index in [4.69, 9.17) is 10.3 Å². The van der Waals surface area contributed by atoms with Crippen molar-refractivity contribution in [2.24, 2.45) is 0 Å². The molecule has 2 aromatic heterocycles. The van der Waals surface area contributed by atoms with Crippen LogP contribution >= 0.6 is 0 Å². The molecule has 2 heterocycles. The standard InChI is InChI=1S/C9H13N5O3S/c1-5-3-11-13-7(5)4-12-18(15,16)8-6(2)17-14-9(8)10/h3,12H,4H2,1-2H3,(H2,10,14)(H,11,13). The molecule has 9 heteroatoms. The molecule has 0 aromatic carbocycles. The SMILES string of the molecule is Cc1cn[nH]c1CNS(=O)(=O)c1c(N)noc1C. The Morgan fingerprint density at radius 1 is 1.50 bits per heavy atom. The number of anilines is 1. The van der Waals surface area contributed by atoms with Crippen molar-refractivity contribution in [3.63, 3.8) is 0 Å². The molecule has 0 saturated carbocycles. The van der Waals surface area contributed by atoms with E-state index in [2.05, 4.69) is 20.1 Å². The maximum Gasteiger partial charge on any atom is 0.248 e. The van der Waals surface area contributed by atoms with E-state index in [1.54, 1.807) is 6.20 Å². The summed E-state index contributed by atoms with van der Waals surface area (Å²) in [6.07, 6.45) is 1.61. The number of rotatable bonds is 4. The van der Waals surface area contributed by atoms with Gasteiger partial charge in [-0.05, 0) is 19.4 Å². The first-order valence-electron chi connectivity index (χ1n) is 5.12. The van der Waals surface area contributed by atoms with E-state index in [0.29, 0.717) is 5.69 Å². The topological polar surface area (TPSA) is 127 Å². The summed E-state index contributed by atoms with van der Waals surface area (Å²) in [6.45, 7) is 3.41. The molecule has 0 aliphatic heterocycles. The van der Waals surface area contributed by atoms with E-state index in [0.717, 1.165) is 5.56 Å². The number of H-pyrrole nitrogens is 1. The van der Waals surface area contributed by atoms with Crippen molar-refractivity contribution >= 4 is 15.8 Å². The second-order valence-electron chi connectivity index (χ2n) is 3.81. The van der Waals surface area contributed by atoms with Gasteiger partial charge >= 0.3 is 0 Å². The summed E-state index contributed by atoms with van der Waals surface area (Å²) >= 11 is 0. The lowest BCUT2D eigenvalue weighted by molar-refractivity contribution is 0.396. The van der Waals surface area contributed by atoms with Crippen molar-refractivity contribution in [2.45, 2.75) is 25.3 Å². The fourth-order valence-corrected chi connectivity index (χ4v) is 2.71. The van der Waals surface area contributed by atoms with Gasteiger partial charge in [0.05, 0.1) is 18.4 Å². The molecule has 8 nitrogen and oxygen atoms in total. The fraction of sp³-hybridized carbons (Fsp3) is 0.333. The van der Waals surface area contributed by atoms with Crippen molar-refractivity contribution in [3.8, 4) is 0 Å². The highest BCUT2D eigenvalue weighted by Gasteiger charge is 2.24. The van der Waals surface area contributed by atoms with Gasteiger partial charge in [-0.1, -0.05) is 5.16 Å². The Balaban J connectivity index is 2.21. The van der Waals surface area contributed by atoms with Crippen LogP contribution in [0.5, 0.6) is 0 Å². The van der Waals surface area contributed by atoms with Crippen molar-refractivity contribution in [1.29, 1.82) is 0 Å². The summed E-state index contributed by atoms with van der Waals surface area (Å²) in [5, 5.41) is 9.92. The van der Waals surface area contributed by atoms with Crippen LogP contribution in [0.25, 0.3) is 0 Å². The van der Waals surface area contributed by atoms with Gasteiger partial charge in [-0.25, -0.2) is 13.1 Å². The Kier molecular flexibility index (Phi) is 3.09. The first kappa shape index (κ1) is 12.6. The molecule has 0 fully saturated rings. The molecule has 98 valence electrons. The van der Waals surface area contributed by atoms with Crippen LogP contribution < -0.4 is 10.5 Å². The molecule has 18 heavy (non-hydrogen) atoms. The molecular weight excluding hydrogens is 258 g/mol. The Morgan fingerprint density at radius 2 is 2.22 bits per heavy atom. The fourth-order valence-electron chi connectivity index (χ4n) is 1.50. The molecule has 0 saturated heterocycles. The van der Waals surface area contributed by atoms with Crippen LogP contribution in [-0.2, 0) is 16.6 Å². The van der Waals surface area contributed by atoms with Crippen LogP contribution in [-0.4, -0.2) is 23.8 Å². The van der Waals surface area contributed by atoms with Crippen LogP contribution in [0.15, 0.2) is 15.6 Å². The average molecular weight is 271 g/mol. The summed E-state index contributed by atoms with van der Waals surface area (Å²) in [6, 6.07) is 0. The number of nitrogens with one attached hydrogen (secondary N) is 2. The summed E-state index contributed by atoms with van der Waals surface area (Å²) in [5.41, 5.74) is 7.02. The zero-order valence-corrected chi connectivity index (χ0v) is 10.7. The molecule has 0 amide bonds. The second kappa shape index (κ2) is 4.42. The highest BCUT2D eigenvalue weighted by Crippen LogP contribution is 2.21. The van der Waals surface area contributed by atoms with Gasteiger partial charge in [0.25, 0.3) is 0 Å². The summed E-state index contributed by atoms with van der Waals surface area (Å²) < 4.78 is 31.2. The molecule has 0 aliphatic rings. The highest BCUT2D eigenvalue weighted by atomic mass is 32.2. The molecule has 0 aliphatic carbocycles. The van der Waals surface area contributed by atoms with Gasteiger partial charge in [-0.15, -0.1) is 0 Å². The van der Waals surface area contributed by atoms with Crippen LogP contribution in [0.4, 0.5) is 5.82 Å². The van der Waals surface area contributed by atoms with Crippen LogP contribution in [0.2, 0.25) is 0 Å². The maximum absolute atomic E-state index is 12.0. The number of hydrogen-bond acceptors (Lipinski definition) is 6. The molecule has 0 atom stereocenters. The Labute approximate surface area is 104 Å². The second-order valence-corrected chi connectivity index (χ2v) is 5.51. The predicted molar refractivity (Wildman–Crippen MR) is 63.0 cm³/mol. The minimum atomic E-state index is -3.75. The number of aromatic amines is 1. The van der Waals surface area contributed by atoms with Crippen molar-refractivity contribution < 1.29 is 12.9 Å². The maximum atomic E-state index is 12.0. The molecule has 4 N–H and O–H groups in total. The van der Waals surface area contributed by atoms with Crippen LogP contribution in [0.1, 0.15) is 17.0 Å². The van der Waals surface area contributed by atoms with Gasteiger partial charge in [-0.3, -0.25) is 5.10 Å². The van der Waals surface area contributed by atoms with Gasteiger partial charge in [0.1, 0.15) is 0 Å². The van der Waals surface area contributed by atoms with E-state index in [9.17, 15) is 8.42 Å². The van der Waals surface area contributed by atoms with E-state index < -0.39 is 10.0 Å². The molecule has 0 bridgehead atoms. The summed E-state index contributed by atoms with van der Waals surface area (Å²) in [5.74, 6) is 0.00247. The number of nitrogens with zero attached hydrogens (tertiary/aromatic N) is 2. The lowest BCUT2D eigenvalue weighted by Gasteiger charge is -2.05. The number of aromatic nitrogens is 3. The number of nitrogens with two attached hydrogens (primary N) is 1. The minimum Gasteiger partial charge on any atom is -0.380 e. The average Bonchev–Trinajstić information content (AvgIpc) is 2.83. The molecule has 2 rings (SSSR count). The molecule has 0 spiro atoms. The van der Waals surface area contributed by atoms with Gasteiger partial charge < -0.3 is 10.3 Å². The molecule has 0 unspecified atom stereocenters. The van der Waals surface area contributed by atoms with Gasteiger partial charge in [0.15, 0.2) is 16.5 Å². The smallest absolute Gasteiger partial charge is 0.248 e. The lowest BCUT2D eigenvalue weighted by atomic mass is 10.3. The number of nitrogen functional groups attached to an aromatic ring is 1. The van der Waals surface area contributed by atoms with Gasteiger partial charge in [0.2, 0.25) is 10.0 Å².